The maximum Gasteiger partial charge on any atom is 0.0805 e. The van der Waals surface area contributed by atoms with Gasteiger partial charge in [-0.25, -0.2) is 4.21 Å². The van der Waals surface area contributed by atoms with Crippen LogP contribution in [0.2, 0.25) is 0 Å². The molecule has 1 aromatic rings. The second-order valence-corrected chi connectivity index (χ2v) is 5.53. The molecule has 1 unspecified atom stereocenters. The highest BCUT2D eigenvalue weighted by Gasteiger charge is 2.12. The molecule has 0 saturated heterocycles. The largest absolute Gasteiger partial charge is 0.249 e. The Morgan fingerprint density at radius 3 is 2.47 bits per heavy atom. The summed E-state index contributed by atoms with van der Waals surface area (Å²) in [6, 6.07) is 8.00. The highest BCUT2D eigenvalue weighted by atomic mass is 32.2. The Balaban J connectivity index is 2.20. The van der Waals surface area contributed by atoms with Crippen LogP contribution in [0.5, 0.6) is 0 Å². The van der Waals surface area contributed by atoms with Crippen LogP contribution in [0.25, 0.3) is 0 Å². The lowest BCUT2D eigenvalue weighted by Crippen LogP contribution is -2.00. The molecule has 0 fully saturated rings. The molecular weight excluding hydrogens is 204 g/mol. The van der Waals surface area contributed by atoms with Crippen LogP contribution in [-0.4, -0.2) is 4.21 Å². The van der Waals surface area contributed by atoms with Gasteiger partial charge in [-0.05, 0) is 44.7 Å². The van der Waals surface area contributed by atoms with Crippen molar-refractivity contribution in [3.63, 3.8) is 0 Å². The normalized spacial score (nSPS) is 18.3. The molecule has 2 heteroatoms. The maximum atomic E-state index is 12.2. The predicted octanol–water partition coefficient (Wildman–Crippen LogP) is 3.56. The Labute approximate surface area is 93.7 Å². The van der Waals surface area contributed by atoms with Gasteiger partial charge < -0.3 is 0 Å². The molecule has 0 saturated carbocycles. The average molecular weight is 220 g/mol. The van der Waals surface area contributed by atoms with E-state index in [9.17, 15) is 4.21 Å². The summed E-state index contributed by atoms with van der Waals surface area (Å²) >= 11 is 0. The Morgan fingerprint density at radius 1 is 1.13 bits per heavy atom. The van der Waals surface area contributed by atoms with Crippen molar-refractivity contribution in [3.8, 4) is 0 Å². The molecule has 0 aromatic heterocycles. The van der Waals surface area contributed by atoms with Crippen LogP contribution in [0.1, 0.15) is 31.2 Å². The third-order valence-corrected chi connectivity index (χ3v) is 4.27. The van der Waals surface area contributed by atoms with Gasteiger partial charge in [0.15, 0.2) is 0 Å². The molecular formula is C13H16OS. The van der Waals surface area contributed by atoms with Crippen molar-refractivity contribution >= 4 is 10.8 Å². The minimum absolute atomic E-state index is 0.917. The van der Waals surface area contributed by atoms with E-state index in [-0.39, 0.29) is 0 Å². The fourth-order valence-electron chi connectivity index (χ4n) is 1.79. The second-order valence-electron chi connectivity index (χ2n) is 4.00. The van der Waals surface area contributed by atoms with Crippen LogP contribution in [0.3, 0.4) is 0 Å². The van der Waals surface area contributed by atoms with E-state index in [0.717, 1.165) is 22.6 Å². The van der Waals surface area contributed by atoms with Gasteiger partial charge in [0.05, 0.1) is 10.8 Å². The van der Waals surface area contributed by atoms with Crippen LogP contribution < -0.4 is 0 Å². The number of allylic oxidation sites excluding steroid dienone is 2. The molecule has 0 heterocycles. The topological polar surface area (TPSA) is 17.1 Å². The molecule has 1 aliphatic carbocycles. The zero-order valence-electron chi connectivity index (χ0n) is 9.03. The van der Waals surface area contributed by atoms with Gasteiger partial charge in [-0.2, -0.15) is 0 Å². The Morgan fingerprint density at radius 2 is 1.87 bits per heavy atom. The van der Waals surface area contributed by atoms with Gasteiger partial charge in [0, 0.05) is 9.80 Å². The van der Waals surface area contributed by atoms with Gasteiger partial charge in [0.1, 0.15) is 0 Å². The van der Waals surface area contributed by atoms with Crippen molar-refractivity contribution in [1.82, 2.24) is 0 Å². The van der Waals surface area contributed by atoms with E-state index in [1.165, 1.54) is 18.4 Å². The molecule has 1 atom stereocenters. The molecule has 15 heavy (non-hydrogen) atoms. The quantitative estimate of drug-likeness (QED) is 0.744. The van der Waals surface area contributed by atoms with Crippen LogP contribution in [0.15, 0.2) is 40.1 Å². The Kier molecular flexibility index (Phi) is 3.37. The molecule has 0 radical (unpaired) electrons. The van der Waals surface area contributed by atoms with Gasteiger partial charge in [-0.3, -0.25) is 0 Å². The van der Waals surface area contributed by atoms with Crippen LogP contribution in [0, 0.1) is 6.92 Å². The highest BCUT2D eigenvalue weighted by Crippen LogP contribution is 2.24. The van der Waals surface area contributed by atoms with Crippen molar-refractivity contribution in [2.24, 2.45) is 0 Å². The fourth-order valence-corrected chi connectivity index (χ4v) is 3.08. The lowest BCUT2D eigenvalue weighted by molar-refractivity contribution is 0.675. The van der Waals surface area contributed by atoms with Gasteiger partial charge in [-0.1, -0.05) is 23.8 Å². The minimum atomic E-state index is -0.917. The number of rotatable bonds is 2. The number of benzene rings is 1. The fraction of sp³-hybridized carbons (Fsp3) is 0.385. The van der Waals surface area contributed by atoms with E-state index in [4.69, 9.17) is 0 Å². The molecule has 1 nitrogen and oxygen atoms in total. The summed E-state index contributed by atoms with van der Waals surface area (Å²) in [6.45, 7) is 2.05. The summed E-state index contributed by atoms with van der Waals surface area (Å²) in [7, 11) is -0.917. The molecule has 2 rings (SSSR count). The first kappa shape index (κ1) is 10.6. The van der Waals surface area contributed by atoms with E-state index in [1.54, 1.807) is 0 Å². The van der Waals surface area contributed by atoms with Gasteiger partial charge >= 0.3 is 0 Å². The number of hydrogen-bond acceptors (Lipinski definition) is 1. The molecule has 80 valence electrons. The SMILES string of the molecule is Cc1ccc(S(=O)C2=CCCCC2)cc1. The summed E-state index contributed by atoms with van der Waals surface area (Å²) in [4.78, 5) is 2.05. The Hall–Kier alpha value is -0.890. The van der Waals surface area contributed by atoms with E-state index < -0.39 is 10.8 Å². The summed E-state index contributed by atoms with van der Waals surface area (Å²) in [5.41, 5.74) is 1.22. The first-order chi connectivity index (χ1) is 7.27. The lowest BCUT2D eigenvalue weighted by Gasteiger charge is -2.12. The summed E-state index contributed by atoms with van der Waals surface area (Å²) in [5.74, 6) is 0. The lowest BCUT2D eigenvalue weighted by atomic mass is 10.1. The van der Waals surface area contributed by atoms with Crippen LogP contribution in [0.4, 0.5) is 0 Å². The number of hydrogen-bond donors (Lipinski definition) is 0. The molecule has 0 bridgehead atoms. The predicted molar refractivity (Wildman–Crippen MR) is 64.1 cm³/mol. The minimum Gasteiger partial charge on any atom is -0.249 e. The zero-order valence-corrected chi connectivity index (χ0v) is 9.85. The summed E-state index contributed by atoms with van der Waals surface area (Å²) in [5, 5.41) is 0. The third-order valence-electron chi connectivity index (χ3n) is 2.72. The van der Waals surface area contributed by atoms with E-state index in [1.807, 2.05) is 31.2 Å². The number of aryl methyl sites for hydroxylation is 1. The monoisotopic (exact) mass is 220 g/mol. The first-order valence-corrected chi connectivity index (χ1v) is 6.60. The van der Waals surface area contributed by atoms with Crippen molar-refractivity contribution in [2.45, 2.75) is 37.5 Å². The third kappa shape index (κ3) is 2.57. The average Bonchev–Trinajstić information content (AvgIpc) is 2.30. The van der Waals surface area contributed by atoms with Crippen LogP contribution >= 0.6 is 0 Å². The maximum absolute atomic E-state index is 12.2. The molecule has 0 spiro atoms. The highest BCUT2D eigenvalue weighted by molar-refractivity contribution is 7.89. The van der Waals surface area contributed by atoms with E-state index in [0.29, 0.717) is 0 Å². The van der Waals surface area contributed by atoms with Gasteiger partial charge in [-0.15, -0.1) is 0 Å². The zero-order chi connectivity index (χ0) is 10.7. The van der Waals surface area contributed by atoms with Crippen molar-refractivity contribution in [2.75, 3.05) is 0 Å². The van der Waals surface area contributed by atoms with Crippen molar-refractivity contribution in [1.29, 1.82) is 0 Å². The summed E-state index contributed by atoms with van der Waals surface area (Å²) in [6.07, 6.45) is 6.67. The van der Waals surface area contributed by atoms with Gasteiger partial charge in [0.25, 0.3) is 0 Å². The van der Waals surface area contributed by atoms with E-state index >= 15 is 0 Å². The summed E-state index contributed by atoms with van der Waals surface area (Å²) < 4.78 is 12.2. The first-order valence-electron chi connectivity index (χ1n) is 5.45. The molecule has 1 aromatic carbocycles. The standard InChI is InChI=1S/C13H16OS/c1-11-7-9-13(10-8-11)15(14)12-5-3-2-4-6-12/h5,7-10H,2-4,6H2,1H3. The molecule has 0 aliphatic heterocycles. The smallest absolute Gasteiger partial charge is 0.0805 e. The van der Waals surface area contributed by atoms with Crippen LogP contribution in [-0.2, 0) is 10.8 Å². The second kappa shape index (κ2) is 4.75. The van der Waals surface area contributed by atoms with Gasteiger partial charge in [0.2, 0.25) is 0 Å². The van der Waals surface area contributed by atoms with Crippen molar-refractivity contribution in [3.05, 3.63) is 40.8 Å². The Bertz CT molecular complexity index is 390. The van der Waals surface area contributed by atoms with E-state index in [2.05, 4.69) is 6.08 Å². The molecule has 0 N–H and O–H groups in total. The van der Waals surface area contributed by atoms with Crippen molar-refractivity contribution < 1.29 is 4.21 Å². The molecule has 1 aliphatic rings. The molecule has 0 amide bonds.